The molecule has 0 saturated heterocycles. The Morgan fingerprint density at radius 2 is 2.00 bits per heavy atom. The number of thiazole rings is 1. The lowest BCUT2D eigenvalue weighted by molar-refractivity contribution is -0.143. The van der Waals surface area contributed by atoms with Crippen molar-refractivity contribution in [2.45, 2.75) is 26.3 Å². The number of anilines is 1. The van der Waals surface area contributed by atoms with Crippen molar-refractivity contribution >= 4 is 57.1 Å². The van der Waals surface area contributed by atoms with E-state index in [1.54, 1.807) is 6.92 Å². The summed E-state index contributed by atoms with van der Waals surface area (Å²) >= 11 is 8.44. The second-order valence-electron chi connectivity index (χ2n) is 6.38. The van der Waals surface area contributed by atoms with Crippen molar-refractivity contribution in [1.29, 1.82) is 0 Å². The minimum atomic E-state index is -0.185. The van der Waals surface area contributed by atoms with E-state index in [4.69, 9.17) is 27.1 Å². The molecule has 0 amide bonds. The Kier molecular flexibility index (Phi) is 5.79. The van der Waals surface area contributed by atoms with Crippen LogP contribution in [0.15, 0.2) is 40.8 Å². The number of nitrogens with zero attached hydrogens (tertiary/aromatic N) is 2. The van der Waals surface area contributed by atoms with Crippen molar-refractivity contribution in [3.63, 3.8) is 0 Å². The molecule has 0 fully saturated rings. The normalized spacial score (nSPS) is 11.2. The Hall–Kier alpha value is -2.49. The van der Waals surface area contributed by atoms with Crippen molar-refractivity contribution in [2.75, 3.05) is 12.3 Å². The van der Waals surface area contributed by atoms with Gasteiger partial charge in [0.05, 0.1) is 11.3 Å². The first-order chi connectivity index (χ1) is 14.1. The van der Waals surface area contributed by atoms with Crippen molar-refractivity contribution < 1.29 is 13.9 Å². The Morgan fingerprint density at radius 1 is 1.24 bits per heavy atom. The highest BCUT2D eigenvalue weighted by atomic mass is 32.1. The Labute approximate surface area is 180 Å². The van der Waals surface area contributed by atoms with Crippen LogP contribution in [-0.2, 0) is 16.1 Å². The summed E-state index contributed by atoms with van der Waals surface area (Å²) < 4.78 is 19.4. The zero-order valence-corrected chi connectivity index (χ0v) is 18.2. The van der Waals surface area contributed by atoms with Gasteiger partial charge >= 0.3 is 5.97 Å². The van der Waals surface area contributed by atoms with Crippen LogP contribution in [0.25, 0.3) is 32.3 Å². The first kappa shape index (κ1) is 19.8. The van der Waals surface area contributed by atoms with Crippen LogP contribution in [0.5, 0.6) is 0 Å². The number of fused-ring (bicyclic) bond motifs is 1. The molecule has 0 aliphatic rings. The number of aromatic nitrogens is 2. The molecule has 9 heteroatoms. The molecule has 0 aliphatic heterocycles. The van der Waals surface area contributed by atoms with Crippen molar-refractivity contribution in [2.24, 2.45) is 0 Å². The van der Waals surface area contributed by atoms with Gasteiger partial charge in [0.15, 0.2) is 9.60 Å². The van der Waals surface area contributed by atoms with Crippen molar-refractivity contribution in [3.05, 3.63) is 40.4 Å². The van der Waals surface area contributed by atoms with Gasteiger partial charge in [0, 0.05) is 24.2 Å². The Bertz CT molecular complexity index is 1200. The van der Waals surface area contributed by atoms with Crippen LogP contribution in [0, 0.1) is 3.95 Å². The van der Waals surface area contributed by atoms with Crippen LogP contribution in [0.4, 0.5) is 5.69 Å². The van der Waals surface area contributed by atoms with E-state index in [-0.39, 0.29) is 5.97 Å². The highest BCUT2D eigenvalue weighted by Gasteiger charge is 2.18. The molecular weight excluding hydrogens is 426 g/mol. The highest BCUT2D eigenvalue weighted by Crippen LogP contribution is 2.39. The van der Waals surface area contributed by atoms with E-state index in [9.17, 15) is 4.79 Å². The van der Waals surface area contributed by atoms with E-state index in [1.165, 1.54) is 22.9 Å². The third-order valence-corrected chi connectivity index (χ3v) is 6.83. The molecule has 0 saturated carbocycles. The molecule has 3 heterocycles. The van der Waals surface area contributed by atoms with E-state index >= 15 is 0 Å². The molecule has 1 aromatic carbocycles. The molecule has 6 nitrogen and oxygen atoms in total. The molecule has 0 spiro atoms. The van der Waals surface area contributed by atoms with Crippen LogP contribution in [0.3, 0.4) is 0 Å². The summed E-state index contributed by atoms with van der Waals surface area (Å²) in [5.41, 5.74) is 8.28. The number of ether oxygens (including phenoxy) is 1. The molecule has 150 valence electrons. The van der Waals surface area contributed by atoms with Gasteiger partial charge in [-0.15, -0.1) is 11.3 Å². The van der Waals surface area contributed by atoms with Gasteiger partial charge in [0.2, 0.25) is 0 Å². The number of carbonyl (C=O) groups excluding carboxylic acids is 1. The number of nitrogen functional groups attached to an aromatic ring is 1. The first-order valence-corrected chi connectivity index (χ1v) is 11.2. The lowest BCUT2D eigenvalue weighted by Gasteiger charge is -2.03. The molecule has 4 aromatic rings. The molecule has 2 N–H and O–H groups in total. The second-order valence-corrected chi connectivity index (χ2v) is 8.80. The number of furan rings is 1. The van der Waals surface area contributed by atoms with Crippen LogP contribution in [-0.4, -0.2) is 21.5 Å². The lowest BCUT2D eigenvalue weighted by atomic mass is 10.1. The molecule has 29 heavy (non-hydrogen) atoms. The van der Waals surface area contributed by atoms with Gasteiger partial charge in [-0.3, -0.25) is 4.79 Å². The van der Waals surface area contributed by atoms with Crippen molar-refractivity contribution in [3.8, 4) is 22.0 Å². The number of hydrogen-bond donors (Lipinski definition) is 1. The second kappa shape index (κ2) is 8.48. The van der Waals surface area contributed by atoms with E-state index in [0.29, 0.717) is 31.7 Å². The highest BCUT2D eigenvalue weighted by molar-refractivity contribution is 7.73. The summed E-state index contributed by atoms with van der Waals surface area (Å²) in [4.78, 5) is 12.5. The van der Waals surface area contributed by atoms with E-state index < -0.39 is 0 Å². The van der Waals surface area contributed by atoms with Crippen LogP contribution in [0.1, 0.15) is 19.8 Å². The van der Waals surface area contributed by atoms with Gasteiger partial charge in [-0.05, 0) is 73.5 Å². The van der Waals surface area contributed by atoms with Gasteiger partial charge in [-0.1, -0.05) is 0 Å². The quantitative estimate of drug-likeness (QED) is 0.222. The maximum atomic E-state index is 11.6. The minimum Gasteiger partial charge on any atom is -0.466 e. The Morgan fingerprint density at radius 3 is 2.76 bits per heavy atom. The average Bonchev–Trinajstić information content (AvgIpc) is 3.39. The lowest BCUT2D eigenvalue weighted by Crippen LogP contribution is -2.06. The number of hydrogen-bond acceptors (Lipinski definition) is 8. The summed E-state index contributed by atoms with van der Waals surface area (Å²) in [6.45, 7) is 2.84. The van der Waals surface area contributed by atoms with Crippen LogP contribution >= 0.6 is 35.1 Å². The zero-order valence-electron chi connectivity index (χ0n) is 15.7. The fraction of sp³-hybridized carbons (Fsp3) is 0.250. The maximum absolute atomic E-state index is 11.6. The average molecular weight is 446 g/mol. The first-order valence-electron chi connectivity index (χ1n) is 9.17. The summed E-state index contributed by atoms with van der Waals surface area (Å²) in [5.74, 6) is 1.36. The SMILES string of the molecule is CCOC(=O)CCCn1c(=S)sc2c(-c3ccc(-c4ccc(N)cc4)o3)snc21. The number of rotatable bonds is 7. The van der Waals surface area contributed by atoms with Gasteiger partial charge in [-0.25, -0.2) is 0 Å². The fourth-order valence-corrected chi connectivity index (χ4v) is 5.36. The number of nitrogens with two attached hydrogens (primary N) is 1. The molecular formula is C20H19N3O3S3. The number of esters is 1. The van der Waals surface area contributed by atoms with Crippen LogP contribution < -0.4 is 5.73 Å². The van der Waals surface area contributed by atoms with Gasteiger partial charge < -0.3 is 19.5 Å². The smallest absolute Gasteiger partial charge is 0.305 e. The van der Waals surface area contributed by atoms with E-state index in [0.717, 1.165) is 36.3 Å². The molecule has 0 aliphatic carbocycles. The molecule has 0 bridgehead atoms. The zero-order chi connectivity index (χ0) is 20.4. The molecule has 0 unspecified atom stereocenters. The van der Waals surface area contributed by atoms with Gasteiger partial charge in [-0.2, -0.15) is 4.37 Å². The summed E-state index contributed by atoms with van der Waals surface area (Å²) in [6.07, 6.45) is 1.03. The summed E-state index contributed by atoms with van der Waals surface area (Å²) in [6, 6.07) is 11.5. The van der Waals surface area contributed by atoms with E-state index in [1.807, 2.05) is 41.0 Å². The van der Waals surface area contributed by atoms with Crippen LogP contribution in [0.2, 0.25) is 0 Å². The minimum absolute atomic E-state index is 0.185. The standard InChI is InChI=1S/C20H19N3O3S3/c1-2-25-16(24)4-3-11-23-19-18(28-20(23)27)17(29-22-19)15-10-9-14(26-15)12-5-7-13(21)8-6-12/h5-10H,2-4,11,21H2,1H3. The summed E-state index contributed by atoms with van der Waals surface area (Å²) in [5, 5.41) is 0. The van der Waals surface area contributed by atoms with Crippen molar-refractivity contribution in [1.82, 2.24) is 8.94 Å². The number of benzene rings is 1. The fourth-order valence-electron chi connectivity index (χ4n) is 3.00. The predicted molar refractivity (Wildman–Crippen MR) is 120 cm³/mol. The summed E-state index contributed by atoms with van der Waals surface area (Å²) in [7, 11) is 0. The molecule has 3 aromatic heterocycles. The maximum Gasteiger partial charge on any atom is 0.305 e. The third-order valence-electron chi connectivity index (χ3n) is 4.39. The monoisotopic (exact) mass is 445 g/mol. The third kappa shape index (κ3) is 4.12. The van der Waals surface area contributed by atoms with Gasteiger partial charge in [0.25, 0.3) is 0 Å². The molecule has 4 rings (SSSR count). The number of carbonyl (C=O) groups is 1. The predicted octanol–water partition coefficient (Wildman–Crippen LogP) is 5.74. The topological polar surface area (TPSA) is 83.3 Å². The largest absolute Gasteiger partial charge is 0.466 e. The molecule has 0 radical (unpaired) electrons. The Balaban J connectivity index is 1.58. The molecule has 0 atom stereocenters. The number of aryl methyl sites for hydroxylation is 1. The van der Waals surface area contributed by atoms with Gasteiger partial charge in [0.1, 0.15) is 16.4 Å². The van der Waals surface area contributed by atoms with E-state index in [2.05, 4.69) is 4.37 Å².